The molecule has 2 saturated heterocycles. The fourth-order valence-electron chi connectivity index (χ4n) is 3.17. The number of amides is 1. The summed E-state index contributed by atoms with van der Waals surface area (Å²) in [5, 5.41) is 0. The van der Waals surface area contributed by atoms with Crippen LogP contribution in [0.15, 0.2) is 29.2 Å². The lowest BCUT2D eigenvalue weighted by Crippen LogP contribution is -2.45. The zero-order chi connectivity index (χ0) is 16.1. The standard InChI is InChI=1S/C18H25NO2S2/c1-14-5-2-3-7-17(14)23-13-18(20)19(15-8-10-22-12-15)11-16-6-4-9-21-16/h2-3,5,7,15-16H,4,6,8-13H2,1H3. The summed E-state index contributed by atoms with van der Waals surface area (Å²) < 4.78 is 5.77. The summed E-state index contributed by atoms with van der Waals surface area (Å²) in [7, 11) is 0. The predicted molar refractivity (Wildman–Crippen MR) is 98.3 cm³/mol. The largest absolute Gasteiger partial charge is 0.376 e. The van der Waals surface area contributed by atoms with Gasteiger partial charge in [0.2, 0.25) is 5.91 Å². The molecule has 23 heavy (non-hydrogen) atoms. The molecule has 0 bridgehead atoms. The van der Waals surface area contributed by atoms with E-state index in [-0.39, 0.29) is 12.0 Å². The van der Waals surface area contributed by atoms with E-state index in [0.29, 0.717) is 11.8 Å². The maximum absolute atomic E-state index is 12.8. The summed E-state index contributed by atoms with van der Waals surface area (Å²) in [6.07, 6.45) is 3.59. The number of hydrogen-bond acceptors (Lipinski definition) is 4. The highest BCUT2D eigenvalue weighted by molar-refractivity contribution is 8.00. The van der Waals surface area contributed by atoms with E-state index in [0.717, 1.165) is 38.2 Å². The summed E-state index contributed by atoms with van der Waals surface area (Å²) in [4.78, 5) is 16.2. The molecule has 2 heterocycles. The number of benzene rings is 1. The van der Waals surface area contributed by atoms with E-state index in [9.17, 15) is 4.79 Å². The molecule has 5 heteroatoms. The summed E-state index contributed by atoms with van der Waals surface area (Å²) in [6, 6.07) is 8.68. The number of hydrogen-bond donors (Lipinski definition) is 0. The molecule has 0 spiro atoms. The second kappa shape index (κ2) is 8.45. The minimum atomic E-state index is 0.244. The molecule has 1 aromatic carbocycles. The molecule has 0 aliphatic carbocycles. The average Bonchev–Trinajstić information content (AvgIpc) is 3.25. The summed E-state index contributed by atoms with van der Waals surface area (Å²) >= 11 is 3.62. The summed E-state index contributed by atoms with van der Waals surface area (Å²) in [5.41, 5.74) is 1.24. The van der Waals surface area contributed by atoms with Crippen LogP contribution in [0.1, 0.15) is 24.8 Å². The lowest BCUT2D eigenvalue weighted by atomic mass is 10.1. The quantitative estimate of drug-likeness (QED) is 0.733. The van der Waals surface area contributed by atoms with Gasteiger partial charge in [0, 0.05) is 29.8 Å². The summed E-state index contributed by atoms with van der Waals surface area (Å²) in [5.74, 6) is 3.04. The number of carbonyl (C=O) groups excluding carboxylic acids is 1. The Labute approximate surface area is 147 Å². The maximum Gasteiger partial charge on any atom is 0.233 e. The van der Waals surface area contributed by atoms with Gasteiger partial charge in [0.1, 0.15) is 0 Å². The van der Waals surface area contributed by atoms with Gasteiger partial charge in [-0.25, -0.2) is 0 Å². The normalized spacial score (nSPS) is 24.0. The highest BCUT2D eigenvalue weighted by Gasteiger charge is 2.30. The minimum Gasteiger partial charge on any atom is -0.376 e. The van der Waals surface area contributed by atoms with Crippen LogP contribution in [0.2, 0.25) is 0 Å². The topological polar surface area (TPSA) is 29.5 Å². The van der Waals surface area contributed by atoms with Gasteiger partial charge in [-0.3, -0.25) is 4.79 Å². The number of rotatable bonds is 6. The first-order valence-electron chi connectivity index (χ1n) is 8.41. The Morgan fingerprint density at radius 2 is 2.26 bits per heavy atom. The molecule has 2 unspecified atom stereocenters. The molecular weight excluding hydrogens is 326 g/mol. The number of aryl methyl sites for hydroxylation is 1. The first-order valence-corrected chi connectivity index (χ1v) is 10.6. The molecule has 1 amide bonds. The molecule has 0 radical (unpaired) electrons. The Morgan fingerprint density at radius 1 is 1.39 bits per heavy atom. The second-order valence-electron chi connectivity index (χ2n) is 6.25. The van der Waals surface area contributed by atoms with Gasteiger partial charge < -0.3 is 9.64 Å². The smallest absolute Gasteiger partial charge is 0.233 e. The van der Waals surface area contributed by atoms with Gasteiger partial charge in [0.25, 0.3) is 0 Å². The number of ether oxygens (including phenoxy) is 1. The molecule has 2 atom stereocenters. The zero-order valence-corrected chi connectivity index (χ0v) is 15.3. The predicted octanol–water partition coefficient (Wildman–Crippen LogP) is 3.60. The highest BCUT2D eigenvalue weighted by atomic mass is 32.2. The van der Waals surface area contributed by atoms with Gasteiger partial charge in [0.05, 0.1) is 11.9 Å². The van der Waals surface area contributed by atoms with Crippen LogP contribution in [0.25, 0.3) is 0 Å². The van der Waals surface area contributed by atoms with E-state index in [1.165, 1.54) is 16.2 Å². The van der Waals surface area contributed by atoms with Crippen molar-refractivity contribution in [3.05, 3.63) is 29.8 Å². The minimum absolute atomic E-state index is 0.244. The van der Waals surface area contributed by atoms with Gasteiger partial charge in [-0.2, -0.15) is 11.8 Å². The van der Waals surface area contributed by atoms with Crippen LogP contribution < -0.4 is 0 Å². The van der Waals surface area contributed by atoms with Gasteiger partial charge in [-0.05, 0) is 43.6 Å². The lowest BCUT2D eigenvalue weighted by molar-refractivity contribution is -0.131. The van der Waals surface area contributed by atoms with E-state index in [1.54, 1.807) is 11.8 Å². The lowest BCUT2D eigenvalue weighted by Gasteiger charge is -2.30. The van der Waals surface area contributed by atoms with Crippen molar-refractivity contribution in [2.24, 2.45) is 0 Å². The SMILES string of the molecule is Cc1ccccc1SCC(=O)N(CC1CCCO1)C1CCSC1. The Bertz CT molecular complexity index is 526. The molecule has 0 saturated carbocycles. The van der Waals surface area contributed by atoms with Crippen molar-refractivity contribution in [2.75, 3.05) is 30.4 Å². The van der Waals surface area contributed by atoms with Gasteiger partial charge in [0.15, 0.2) is 0 Å². The van der Waals surface area contributed by atoms with E-state index < -0.39 is 0 Å². The van der Waals surface area contributed by atoms with Crippen LogP contribution in [0.5, 0.6) is 0 Å². The van der Waals surface area contributed by atoms with E-state index in [1.807, 2.05) is 23.9 Å². The van der Waals surface area contributed by atoms with E-state index in [4.69, 9.17) is 4.74 Å². The van der Waals surface area contributed by atoms with Crippen molar-refractivity contribution in [2.45, 2.75) is 43.2 Å². The third-order valence-corrected chi connectivity index (χ3v) is 6.84. The zero-order valence-electron chi connectivity index (χ0n) is 13.7. The molecule has 126 valence electrons. The Hall–Kier alpha value is -0.650. The third kappa shape index (κ3) is 4.68. The third-order valence-electron chi connectivity index (χ3n) is 4.54. The molecule has 1 aromatic rings. The monoisotopic (exact) mass is 351 g/mol. The highest BCUT2D eigenvalue weighted by Crippen LogP contribution is 2.27. The Kier molecular flexibility index (Phi) is 6.31. The fourth-order valence-corrected chi connectivity index (χ4v) is 5.31. The van der Waals surface area contributed by atoms with Gasteiger partial charge in [-0.1, -0.05) is 18.2 Å². The van der Waals surface area contributed by atoms with Crippen LogP contribution in [0.4, 0.5) is 0 Å². The fraction of sp³-hybridized carbons (Fsp3) is 0.611. The molecule has 3 nitrogen and oxygen atoms in total. The number of carbonyl (C=O) groups is 1. The van der Waals surface area contributed by atoms with E-state index in [2.05, 4.69) is 24.0 Å². The van der Waals surface area contributed by atoms with Crippen molar-refractivity contribution in [3.63, 3.8) is 0 Å². The first kappa shape index (κ1) is 17.2. The van der Waals surface area contributed by atoms with Crippen LogP contribution in [-0.2, 0) is 9.53 Å². The molecule has 0 N–H and O–H groups in total. The number of nitrogens with zero attached hydrogens (tertiary/aromatic N) is 1. The first-order chi connectivity index (χ1) is 11.2. The van der Waals surface area contributed by atoms with Crippen LogP contribution >= 0.6 is 23.5 Å². The van der Waals surface area contributed by atoms with Gasteiger partial charge >= 0.3 is 0 Å². The van der Waals surface area contributed by atoms with Crippen LogP contribution in [0, 0.1) is 6.92 Å². The Morgan fingerprint density at radius 3 is 2.96 bits per heavy atom. The van der Waals surface area contributed by atoms with E-state index >= 15 is 0 Å². The average molecular weight is 352 g/mol. The van der Waals surface area contributed by atoms with Crippen molar-refractivity contribution in [3.8, 4) is 0 Å². The molecule has 2 aliphatic heterocycles. The molecule has 0 aromatic heterocycles. The van der Waals surface area contributed by atoms with Crippen LogP contribution in [-0.4, -0.2) is 53.4 Å². The van der Waals surface area contributed by atoms with Crippen molar-refractivity contribution in [1.29, 1.82) is 0 Å². The molecule has 2 aliphatic rings. The second-order valence-corrected chi connectivity index (χ2v) is 8.42. The van der Waals surface area contributed by atoms with Crippen molar-refractivity contribution in [1.82, 2.24) is 4.90 Å². The van der Waals surface area contributed by atoms with Gasteiger partial charge in [-0.15, -0.1) is 11.8 Å². The maximum atomic E-state index is 12.8. The molecule has 3 rings (SSSR count). The van der Waals surface area contributed by atoms with Crippen molar-refractivity contribution >= 4 is 29.4 Å². The summed E-state index contributed by atoms with van der Waals surface area (Å²) in [6.45, 7) is 3.73. The Balaban J connectivity index is 1.60. The van der Waals surface area contributed by atoms with Crippen molar-refractivity contribution < 1.29 is 9.53 Å². The number of thioether (sulfide) groups is 2. The molecular formula is C18H25NO2S2. The van der Waals surface area contributed by atoms with Crippen LogP contribution in [0.3, 0.4) is 0 Å². The molecule has 2 fully saturated rings.